The van der Waals surface area contributed by atoms with Crippen molar-refractivity contribution < 1.29 is 18.9 Å². The van der Waals surface area contributed by atoms with E-state index in [0.29, 0.717) is 26.4 Å². The topological polar surface area (TPSA) is 49.0 Å². The summed E-state index contributed by atoms with van der Waals surface area (Å²) in [6.45, 7) is 2.59. The first-order valence-corrected chi connectivity index (χ1v) is 6.67. The van der Waals surface area contributed by atoms with Crippen molar-refractivity contribution in [2.24, 2.45) is 0 Å². The highest BCUT2D eigenvalue weighted by atomic mass is 16.7. The minimum Gasteiger partial charge on any atom is -0.486 e. The van der Waals surface area contributed by atoms with Crippen LogP contribution in [0.2, 0.25) is 0 Å². The van der Waals surface area contributed by atoms with Crippen LogP contribution < -0.4 is 14.8 Å². The largest absolute Gasteiger partial charge is 0.486 e. The molecular formula is C14H19NO4. The Morgan fingerprint density at radius 3 is 2.58 bits per heavy atom. The summed E-state index contributed by atoms with van der Waals surface area (Å²) < 4.78 is 22.1. The van der Waals surface area contributed by atoms with Crippen molar-refractivity contribution >= 4 is 0 Å². The van der Waals surface area contributed by atoms with E-state index in [1.807, 2.05) is 19.2 Å². The van der Waals surface area contributed by atoms with E-state index in [-0.39, 0.29) is 12.3 Å². The number of hydrogen-bond donors (Lipinski definition) is 1. The van der Waals surface area contributed by atoms with Crippen molar-refractivity contribution in [1.29, 1.82) is 0 Å². The Morgan fingerprint density at radius 2 is 1.84 bits per heavy atom. The summed E-state index contributed by atoms with van der Waals surface area (Å²) in [6, 6.07) is 6.23. The van der Waals surface area contributed by atoms with Crippen molar-refractivity contribution in [3.05, 3.63) is 23.8 Å². The van der Waals surface area contributed by atoms with Crippen LogP contribution in [0.25, 0.3) is 0 Å². The smallest absolute Gasteiger partial charge is 0.161 e. The summed E-state index contributed by atoms with van der Waals surface area (Å²) >= 11 is 0. The molecule has 3 rings (SSSR count). The lowest BCUT2D eigenvalue weighted by molar-refractivity contribution is -0.0526. The predicted octanol–water partition coefficient (Wildman–Crippen LogP) is 1.48. The lowest BCUT2D eigenvalue weighted by Gasteiger charge is -2.23. The van der Waals surface area contributed by atoms with Crippen molar-refractivity contribution in [3.8, 4) is 11.5 Å². The monoisotopic (exact) mass is 265 g/mol. The Morgan fingerprint density at radius 1 is 1.11 bits per heavy atom. The van der Waals surface area contributed by atoms with Gasteiger partial charge in [-0.05, 0) is 24.7 Å². The molecule has 1 N–H and O–H groups in total. The van der Waals surface area contributed by atoms with Crippen LogP contribution in [0.4, 0.5) is 0 Å². The van der Waals surface area contributed by atoms with Gasteiger partial charge < -0.3 is 24.3 Å². The summed E-state index contributed by atoms with van der Waals surface area (Å²) in [7, 11) is 1.94. The molecule has 1 fully saturated rings. The second-order valence-corrected chi connectivity index (χ2v) is 4.65. The highest BCUT2D eigenvalue weighted by Gasteiger charge is 2.23. The van der Waals surface area contributed by atoms with Gasteiger partial charge in [0.15, 0.2) is 17.8 Å². The maximum Gasteiger partial charge on any atom is 0.161 e. The Balaban J connectivity index is 1.74. The number of fused-ring (bicyclic) bond motifs is 1. The Kier molecular flexibility index (Phi) is 3.87. The molecule has 2 aliphatic heterocycles. The molecule has 0 bridgehead atoms. The molecule has 104 valence electrons. The van der Waals surface area contributed by atoms with Crippen LogP contribution in [-0.2, 0) is 9.47 Å². The molecule has 0 saturated carbocycles. The Labute approximate surface area is 112 Å². The summed E-state index contributed by atoms with van der Waals surface area (Å²) in [5.41, 5.74) is 1.16. The maximum atomic E-state index is 5.61. The molecule has 0 spiro atoms. The molecule has 2 heterocycles. The molecule has 1 saturated heterocycles. The predicted molar refractivity (Wildman–Crippen MR) is 69.5 cm³/mol. The summed E-state index contributed by atoms with van der Waals surface area (Å²) in [4.78, 5) is 0. The van der Waals surface area contributed by atoms with Gasteiger partial charge in [-0.25, -0.2) is 0 Å². The number of nitrogens with one attached hydrogen (secondary N) is 1. The van der Waals surface area contributed by atoms with Gasteiger partial charge in [-0.15, -0.1) is 0 Å². The second-order valence-electron chi connectivity index (χ2n) is 4.65. The first-order valence-electron chi connectivity index (χ1n) is 6.67. The number of hydrogen-bond acceptors (Lipinski definition) is 5. The lowest BCUT2D eigenvalue weighted by atomic mass is 10.0. The maximum absolute atomic E-state index is 5.61. The molecule has 1 atom stereocenters. The Bertz CT molecular complexity index is 431. The van der Waals surface area contributed by atoms with Crippen LogP contribution in [0.5, 0.6) is 11.5 Å². The van der Waals surface area contributed by atoms with Gasteiger partial charge in [0.2, 0.25) is 0 Å². The van der Waals surface area contributed by atoms with Crippen molar-refractivity contribution in [1.82, 2.24) is 5.32 Å². The SMILES string of the molecule is CNC(CC1OCCO1)c1ccc2c(c1)OCCO2. The minimum absolute atomic E-state index is 0.120. The van der Waals surface area contributed by atoms with E-state index in [2.05, 4.69) is 11.4 Å². The molecule has 2 aliphatic rings. The molecule has 1 aromatic carbocycles. The average molecular weight is 265 g/mol. The molecule has 5 heteroatoms. The zero-order chi connectivity index (χ0) is 13.1. The van der Waals surface area contributed by atoms with Crippen LogP contribution in [0.3, 0.4) is 0 Å². The van der Waals surface area contributed by atoms with Gasteiger partial charge >= 0.3 is 0 Å². The fourth-order valence-corrected chi connectivity index (χ4v) is 2.43. The summed E-state index contributed by atoms with van der Waals surface area (Å²) in [5.74, 6) is 1.63. The highest BCUT2D eigenvalue weighted by molar-refractivity contribution is 5.44. The van der Waals surface area contributed by atoms with Crippen molar-refractivity contribution in [3.63, 3.8) is 0 Å². The molecule has 0 aliphatic carbocycles. The lowest BCUT2D eigenvalue weighted by Crippen LogP contribution is -2.23. The molecule has 1 aromatic rings. The first-order chi connectivity index (χ1) is 9.36. The van der Waals surface area contributed by atoms with E-state index in [0.717, 1.165) is 23.5 Å². The second kappa shape index (κ2) is 5.77. The van der Waals surface area contributed by atoms with E-state index in [1.54, 1.807) is 0 Å². The van der Waals surface area contributed by atoms with Crippen LogP contribution in [0, 0.1) is 0 Å². The van der Waals surface area contributed by atoms with Crippen LogP contribution in [0.15, 0.2) is 18.2 Å². The van der Waals surface area contributed by atoms with E-state index < -0.39 is 0 Å². The third-order valence-electron chi connectivity index (χ3n) is 3.44. The molecular weight excluding hydrogens is 246 g/mol. The first kappa shape index (κ1) is 12.7. The fraction of sp³-hybridized carbons (Fsp3) is 0.571. The zero-order valence-corrected chi connectivity index (χ0v) is 11.1. The van der Waals surface area contributed by atoms with Gasteiger partial charge in [0, 0.05) is 12.5 Å². The van der Waals surface area contributed by atoms with E-state index in [4.69, 9.17) is 18.9 Å². The average Bonchev–Trinajstić information content (AvgIpc) is 2.97. The van der Waals surface area contributed by atoms with Gasteiger partial charge in [0.1, 0.15) is 13.2 Å². The summed E-state index contributed by atoms with van der Waals surface area (Å²) in [5, 5.41) is 3.30. The standard InChI is InChI=1S/C14H19NO4/c1-15-11(9-14-18-6-7-19-14)10-2-3-12-13(8-10)17-5-4-16-12/h2-3,8,11,14-15H,4-7,9H2,1H3. The zero-order valence-electron chi connectivity index (χ0n) is 11.1. The number of ether oxygens (including phenoxy) is 4. The third-order valence-corrected chi connectivity index (χ3v) is 3.44. The van der Waals surface area contributed by atoms with Crippen molar-refractivity contribution in [2.75, 3.05) is 33.5 Å². The quantitative estimate of drug-likeness (QED) is 0.893. The fourth-order valence-electron chi connectivity index (χ4n) is 2.43. The van der Waals surface area contributed by atoms with Crippen molar-refractivity contribution in [2.45, 2.75) is 18.8 Å². The normalized spacial score (nSPS) is 20.5. The highest BCUT2D eigenvalue weighted by Crippen LogP contribution is 2.34. The minimum atomic E-state index is -0.120. The number of rotatable bonds is 4. The molecule has 0 amide bonds. The van der Waals surface area contributed by atoms with Crippen LogP contribution in [-0.4, -0.2) is 39.8 Å². The van der Waals surface area contributed by atoms with Gasteiger partial charge in [0.25, 0.3) is 0 Å². The molecule has 5 nitrogen and oxygen atoms in total. The molecule has 1 unspecified atom stereocenters. The van der Waals surface area contributed by atoms with E-state index in [9.17, 15) is 0 Å². The number of benzene rings is 1. The van der Waals surface area contributed by atoms with Gasteiger partial charge in [0.05, 0.1) is 13.2 Å². The Hall–Kier alpha value is -1.30. The molecule has 0 aromatic heterocycles. The van der Waals surface area contributed by atoms with Crippen LogP contribution in [0.1, 0.15) is 18.0 Å². The van der Waals surface area contributed by atoms with Gasteiger partial charge in [-0.3, -0.25) is 0 Å². The third kappa shape index (κ3) is 2.83. The van der Waals surface area contributed by atoms with E-state index in [1.165, 1.54) is 0 Å². The van der Waals surface area contributed by atoms with Gasteiger partial charge in [-0.1, -0.05) is 6.07 Å². The molecule has 0 radical (unpaired) electrons. The van der Waals surface area contributed by atoms with Gasteiger partial charge in [-0.2, -0.15) is 0 Å². The summed E-state index contributed by atoms with van der Waals surface area (Å²) in [6.07, 6.45) is 0.668. The van der Waals surface area contributed by atoms with Crippen LogP contribution >= 0.6 is 0 Å². The molecule has 19 heavy (non-hydrogen) atoms. The van der Waals surface area contributed by atoms with E-state index >= 15 is 0 Å².